The molecule has 2 atom stereocenters. The van der Waals surface area contributed by atoms with E-state index in [0.29, 0.717) is 12.0 Å². The number of Topliss-reactive ketones (excluding diaryl/α,β-unsaturated/α-hetero) is 1. The molecular weight excluding hydrogens is 276 g/mol. The Morgan fingerprint density at radius 2 is 1.95 bits per heavy atom. The molecule has 1 aliphatic carbocycles. The molecule has 1 aromatic rings. The van der Waals surface area contributed by atoms with E-state index in [1.807, 2.05) is 18.5 Å². The number of rotatable bonds is 3. The van der Waals surface area contributed by atoms with E-state index in [4.69, 9.17) is 0 Å². The first-order valence-corrected chi connectivity index (χ1v) is 8.92. The summed E-state index contributed by atoms with van der Waals surface area (Å²) >= 11 is 0. The monoisotopic (exact) mass is 298 g/mol. The van der Waals surface area contributed by atoms with E-state index < -0.39 is 9.84 Å². The van der Waals surface area contributed by atoms with Crippen molar-refractivity contribution in [1.29, 1.82) is 0 Å². The minimum absolute atomic E-state index is 0.0155. The topological polar surface area (TPSA) is 69.0 Å². The zero-order valence-corrected chi connectivity index (χ0v) is 13.3. The van der Waals surface area contributed by atoms with Gasteiger partial charge >= 0.3 is 0 Å². The Labute approximate surface area is 120 Å². The van der Waals surface area contributed by atoms with Crippen LogP contribution in [0, 0.1) is 13.8 Å². The Kier molecular flexibility index (Phi) is 4.04. The largest absolute Gasteiger partial charge is 0.294 e. The number of carbonyl (C=O) groups is 1. The van der Waals surface area contributed by atoms with Gasteiger partial charge in [-0.1, -0.05) is 6.42 Å². The third-order valence-corrected chi connectivity index (χ3v) is 5.87. The van der Waals surface area contributed by atoms with Gasteiger partial charge in [0.05, 0.1) is 22.5 Å². The van der Waals surface area contributed by atoms with Gasteiger partial charge in [-0.05, 0) is 40.0 Å². The summed E-state index contributed by atoms with van der Waals surface area (Å²) in [5, 5.41) is 4.19. The van der Waals surface area contributed by atoms with Gasteiger partial charge in [0.15, 0.2) is 5.78 Å². The zero-order chi connectivity index (χ0) is 15.1. The van der Waals surface area contributed by atoms with Crippen LogP contribution in [0.1, 0.15) is 60.4 Å². The number of hydrogen-bond donors (Lipinski definition) is 0. The summed E-state index contributed by atoms with van der Waals surface area (Å²) in [7, 11) is -3.01. The first-order valence-electron chi connectivity index (χ1n) is 6.97. The highest BCUT2D eigenvalue weighted by Crippen LogP contribution is 2.33. The fourth-order valence-electron chi connectivity index (χ4n) is 3.26. The Morgan fingerprint density at radius 3 is 2.45 bits per heavy atom. The molecule has 0 aliphatic heterocycles. The van der Waals surface area contributed by atoms with Crippen LogP contribution in [0.3, 0.4) is 0 Å². The van der Waals surface area contributed by atoms with Crippen LogP contribution in [0.4, 0.5) is 0 Å². The van der Waals surface area contributed by atoms with Gasteiger partial charge in [-0.15, -0.1) is 0 Å². The van der Waals surface area contributed by atoms with Crippen molar-refractivity contribution in [1.82, 2.24) is 9.78 Å². The first kappa shape index (κ1) is 15.2. The maximum Gasteiger partial charge on any atom is 0.163 e. The van der Waals surface area contributed by atoms with E-state index in [9.17, 15) is 13.2 Å². The molecule has 0 saturated heterocycles. The summed E-state index contributed by atoms with van der Waals surface area (Å²) in [6.07, 6.45) is 4.44. The van der Waals surface area contributed by atoms with Crippen LogP contribution in [-0.2, 0) is 9.84 Å². The lowest BCUT2D eigenvalue weighted by atomic mass is 9.95. The maximum atomic E-state index is 11.7. The van der Waals surface area contributed by atoms with Gasteiger partial charge in [0.25, 0.3) is 0 Å². The second-order valence-electron chi connectivity index (χ2n) is 5.82. The van der Waals surface area contributed by atoms with Gasteiger partial charge in [-0.3, -0.25) is 9.48 Å². The molecule has 2 unspecified atom stereocenters. The van der Waals surface area contributed by atoms with Crippen molar-refractivity contribution in [3.05, 3.63) is 17.0 Å². The quantitative estimate of drug-likeness (QED) is 0.802. The maximum absolute atomic E-state index is 11.7. The fraction of sp³-hybridized carbons (Fsp3) is 0.714. The van der Waals surface area contributed by atoms with Crippen LogP contribution in [-0.4, -0.2) is 35.5 Å². The third-order valence-electron chi connectivity index (χ3n) is 4.23. The van der Waals surface area contributed by atoms with Crippen LogP contribution >= 0.6 is 0 Å². The van der Waals surface area contributed by atoms with Crippen LogP contribution in [0.5, 0.6) is 0 Å². The molecule has 1 aromatic heterocycles. The van der Waals surface area contributed by atoms with Gasteiger partial charge in [-0.25, -0.2) is 8.42 Å². The molecule has 5 nitrogen and oxygen atoms in total. The van der Waals surface area contributed by atoms with Gasteiger partial charge in [0.2, 0.25) is 0 Å². The number of ketones is 1. The number of carbonyl (C=O) groups excluding carboxylic acids is 1. The molecule has 0 amide bonds. The van der Waals surface area contributed by atoms with E-state index in [-0.39, 0.29) is 17.1 Å². The molecule has 1 heterocycles. The molecule has 0 spiro atoms. The average molecular weight is 298 g/mol. The smallest absolute Gasteiger partial charge is 0.163 e. The van der Waals surface area contributed by atoms with Gasteiger partial charge in [0.1, 0.15) is 9.84 Å². The Hall–Kier alpha value is -1.17. The van der Waals surface area contributed by atoms with Crippen LogP contribution < -0.4 is 0 Å². The average Bonchev–Trinajstić information content (AvgIpc) is 2.64. The van der Waals surface area contributed by atoms with Crippen molar-refractivity contribution >= 4 is 15.6 Å². The SMILES string of the molecule is CC(=O)c1c(C)nn(C2CCCC(S(C)(=O)=O)C2)c1C. The van der Waals surface area contributed by atoms with E-state index in [1.54, 1.807) is 6.92 Å². The first-order chi connectivity index (χ1) is 9.21. The van der Waals surface area contributed by atoms with Crippen LogP contribution in [0.15, 0.2) is 0 Å². The Morgan fingerprint density at radius 1 is 1.30 bits per heavy atom. The van der Waals surface area contributed by atoms with Crippen LogP contribution in [0.25, 0.3) is 0 Å². The summed E-state index contributed by atoms with van der Waals surface area (Å²) in [5.74, 6) is 0.0155. The molecule has 0 N–H and O–H groups in total. The number of hydrogen-bond acceptors (Lipinski definition) is 4. The Balaban J connectivity index is 2.33. The van der Waals surface area contributed by atoms with E-state index in [2.05, 4.69) is 5.10 Å². The summed E-state index contributed by atoms with van der Waals surface area (Å²) < 4.78 is 25.4. The molecule has 2 rings (SSSR count). The minimum Gasteiger partial charge on any atom is -0.294 e. The molecule has 0 bridgehead atoms. The van der Waals surface area contributed by atoms with Crippen molar-refractivity contribution in [3.63, 3.8) is 0 Å². The van der Waals surface area contributed by atoms with E-state index in [1.165, 1.54) is 6.26 Å². The lowest BCUT2D eigenvalue weighted by Gasteiger charge is -2.29. The number of nitrogens with zero attached hydrogens (tertiary/aromatic N) is 2. The molecule has 1 fully saturated rings. The highest BCUT2D eigenvalue weighted by Gasteiger charge is 2.31. The Bertz CT molecular complexity index is 631. The summed E-state index contributed by atoms with van der Waals surface area (Å²) in [6.45, 7) is 5.26. The van der Waals surface area contributed by atoms with E-state index >= 15 is 0 Å². The molecule has 1 saturated carbocycles. The standard InChI is InChI=1S/C14H22N2O3S/c1-9-14(11(3)17)10(2)16(15-9)12-6-5-7-13(8-12)20(4,18)19/h12-13H,5-8H2,1-4H3. The summed E-state index contributed by atoms with van der Waals surface area (Å²) in [6, 6.07) is 0.0790. The normalized spacial score (nSPS) is 23.8. The van der Waals surface area contributed by atoms with Crippen molar-refractivity contribution in [2.45, 2.75) is 57.7 Å². The molecule has 20 heavy (non-hydrogen) atoms. The van der Waals surface area contributed by atoms with Crippen molar-refractivity contribution < 1.29 is 13.2 Å². The highest BCUT2D eigenvalue weighted by molar-refractivity contribution is 7.91. The minimum atomic E-state index is -3.01. The second-order valence-corrected chi connectivity index (χ2v) is 8.14. The second kappa shape index (κ2) is 5.31. The summed E-state index contributed by atoms with van der Waals surface area (Å²) in [4.78, 5) is 11.7. The van der Waals surface area contributed by atoms with Crippen molar-refractivity contribution in [2.75, 3.05) is 6.26 Å². The molecule has 6 heteroatoms. The predicted molar refractivity (Wildman–Crippen MR) is 77.8 cm³/mol. The van der Waals surface area contributed by atoms with E-state index in [0.717, 1.165) is 30.7 Å². The predicted octanol–water partition coefficient (Wildman–Crippen LogP) is 2.23. The molecular formula is C14H22N2O3S. The molecule has 0 radical (unpaired) electrons. The molecule has 112 valence electrons. The summed E-state index contributed by atoms with van der Waals surface area (Å²) in [5.41, 5.74) is 2.26. The zero-order valence-electron chi connectivity index (χ0n) is 12.5. The van der Waals surface area contributed by atoms with Crippen LogP contribution in [0.2, 0.25) is 0 Å². The highest BCUT2D eigenvalue weighted by atomic mass is 32.2. The van der Waals surface area contributed by atoms with Crippen molar-refractivity contribution in [3.8, 4) is 0 Å². The number of aryl methyl sites for hydroxylation is 1. The third kappa shape index (κ3) is 2.80. The van der Waals surface area contributed by atoms with Gasteiger partial charge < -0.3 is 0 Å². The van der Waals surface area contributed by atoms with Gasteiger partial charge in [0, 0.05) is 11.9 Å². The lowest BCUT2D eigenvalue weighted by Crippen LogP contribution is -2.29. The number of aromatic nitrogens is 2. The fourth-order valence-corrected chi connectivity index (χ4v) is 4.43. The molecule has 1 aliphatic rings. The molecule has 0 aromatic carbocycles. The van der Waals surface area contributed by atoms with Gasteiger partial charge in [-0.2, -0.15) is 5.10 Å². The lowest BCUT2D eigenvalue weighted by molar-refractivity contribution is 0.101. The number of sulfone groups is 1. The van der Waals surface area contributed by atoms with Crippen molar-refractivity contribution in [2.24, 2.45) is 0 Å².